The molecule has 2 aromatic heterocycles. The zero-order valence-corrected chi connectivity index (χ0v) is 12.0. The van der Waals surface area contributed by atoms with Crippen LogP contribution in [0, 0.1) is 0 Å². The molecule has 0 bridgehead atoms. The van der Waals surface area contributed by atoms with Crippen molar-refractivity contribution >= 4 is 0 Å². The highest BCUT2D eigenvalue weighted by Crippen LogP contribution is 2.32. The average Bonchev–Trinajstić information content (AvgIpc) is 3.09. The van der Waals surface area contributed by atoms with Crippen molar-refractivity contribution in [2.24, 2.45) is 0 Å². The molecule has 22 heavy (non-hydrogen) atoms. The molecule has 1 aromatic carbocycles. The Balaban J connectivity index is 1.97. The number of hydrogen-bond donors (Lipinski definition) is 0. The quantitative estimate of drug-likeness (QED) is 0.716. The number of oxazole rings is 1. The Morgan fingerprint density at radius 2 is 1.73 bits per heavy atom. The lowest BCUT2D eigenvalue weighted by atomic mass is 10.2. The molecule has 7 heteroatoms. The second kappa shape index (κ2) is 6.13. The summed E-state index contributed by atoms with van der Waals surface area (Å²) in [7, 11) is 3.01. The van der Waals surface area contributed by atoms with E-state index >= 15 is 0 Å². The minimum absolute atomic E-state index is 0.107. The van der Waals surface area contributed by atoms with E-state index in [4.69, 9.17) is 18.6 Å². The smallest absolute Gasteiger partial charge is 0.328 e. The number of rotatable bonds is 5. The first-order chi connectivity index (χ1) is 10.8. The summed E-state index contributed by atoms with van der Waals surface area (Å²) in [6.07, 6.45) is 3.06. The topological polar surface area (TPSA) is 79.5 Å². The van der Waals surface area contributed by atoms with Crippen molar-refractivity contribution in [1.82, 2.24) is 15.0 Å². The van der Waals surface area contributed by atoms with Crippen molar-refractivity contribution in [1.29, 1.82) is 0 Å². The number of hydrogen-bond acceptors (Lipinski definition) is 7. The number of benzene rings is 1. The molecule has 0 aliphatic rings. The normalized spacial score (nSPS) is 10.3. The summed E-state index contributed by atoms with van der Waals surface area (Å²) in [5.41, 5.74) is 0.692. The van der Waals surface area contributed by atoms with Crippen LogP contribution in [0.2, 0.25) is 0 Å². The van der Waals surface area contributed by atoms with Crippen LogP contribution in [-0.2, 0) is 0 Å². The van der Waals surface area contributed by atoms with Crippen molar-refractivity contribution < 1.29 is 18.6 Å². The van der Waals surface area contributed by atoms with Crippen LogP contribution in [0.3, 0.4) is 0 Å². The Bertz CT molecular complexity index is 737. The van der Waals surface area contributed by atoms with Crippen LogP contribution >= 0.6 is 0 Å². The molecule has 0 amide bonds. The fourth-order valence-corrected chi connectivity index (χ4v) is 1.83. The van der Waals surface area contributed by atoms with Gasteiger partial charge in [-0.1, -0.05) is 12.1 Å². The van der Waals surface area contributed by atoms with Gasteiger partial charge in [-0.05, 0) is 12.1 Å². The van der Waals surface area contributed by atoms with Crippen molar-refractivity contribution in [2.75, 3.05) is 14.2 Å². The highest BCUT2D eigenvalue weighted by molar-refractivity contribution is 5.62. The summed E-state index contributed by atoms with van der Waals surface area (Å²) in [5.74, 6) is 1.65. The lowest BCUT2D eigenvalue weighted by Gasteiger charge is -2.09. The Hall–Kier alpha value is -3.09. The maximum absolute atomic E-state index is 5.74. The summed E-state index contributed by atoms with van der Waals surface area (Å²) in [6.45, 7) is 0. The molecule has 0 aliphatic heterocycles. The van der Waals surface area contributed by atoms with Crippen molar-refractivity contribution in [3.05, 3.63) is 42.8 Å². The maximum atomic E-state index is 5.74. The van der Waals surface area contributed by atoms with Gasteiger partial charge in [-0.25, -0.2) is 4.98 Å². The van der Waals surface area contributed by atoms with Gasteiger partial charge in [-0.15, -0.1) is 0 Å². The van der Waals surface area contributed by atoms with E-state index in [-0.39, 0.29) is 6.01 Å². The standard InChI is InChI=1S/C15H13N3O4/c1-19-12-9-13(20-2)18-15(17-12)22-11-6-4-3-5-10(11)14-16-7-8-21-14/h3-9H,1-2H3. The third-order valence-corrected chi connectivity index (χ3v) is 2.83. The first kappa shape index (κ1) is 13.9. The fraction of sp³-hybridized carbons (Fsp3) is 0.133. The van der Waals surface area contributed by atoms with E-state index in [0.29, 0.717) is 29.0 Å². The minimum Gasteiger partial charge on any atom is -0.481 e. The molecule has 2 heterocycles. The van der Waals surface area contributed by atoms with Crippen molar-refractivity contribution in [3.63, 3.8) is 0 Å². The first-order valence-electron chi connectivity index (χ1n) is 6.44. The number of aromatic nitrogens is 3. The van der Waals surface area contributed by atoms with Gasteiger partial charge in [0, 0.05) is 0 Å². The highest BCUT2D eigenvalue weighted by atomic mass is 16.5. The monoisotopic (exact) mass is 299 g/mol. The third kappa shape index (κ3) is 2.83. The maximum Gasteiger partial charge on any atom is 0.328 e. The molecular formula is C15H13N3O4. The molecule has 0 saturated heterocycles. The van der Waals surface area contributed by atoms with Gasteiger partial charge in [0.25, 0.3) is 0 Å². The summed E-state index contributed by atoms with van der Waals surface area (Å²) in [5, 5.41) is 0. The number of para-hydroxylation sites is 1. The van der Waals surface area contributed by atoms with Gasteiger partial charge in [0.15, 0.2) is 0 Å². The van der Waals surface area contributed by atoms with Crippen LogP contribution in [0.5, 0.6) is 23.5 Å². The second-order valence-electron chi connectivity index (χ2n) is 4.17. The molecule has 0 aliphatic carbocycles. The Kier molecular flexibility index (Phi) is 3.86. The number of nitrogens with zero attached hydrogens (tertiary/aromatic N) is 3. The molecule has 0 spiro atoms. The van der Waals surface area contributed by atoms with Gasteiger partial charge in [-0.3, -0.25) is 0 Å². The zero-order chi connectivity index (χ0) is 15.4. The van der Waals surface area contributed by atoms with E-state index in [1.165, 1.54) is 20.5 Å². The molecular weight excluding hydrogens is 286 g/mol. The van der Waals surface area contributed by atoms with E-state index in [2.05, 4.69) is 15.0 Å². The van der Waals surface area contributed by atoms with Crippen molar-refractivity contribution in [3.8, 4) is 35.0 Å². The Morgan fingerprint density at radius 3 is 2.36 bits per heavy atom. The summed E-state index contributed by atoms with van der Waals surface area (Å²) >= 11 is 0. The zero-order valence-electron chi connectivity index (χ0n) is 12.0. The van der Waals surface area contributed by atoms with E-state index in [0.717, 1.165) is 0 Å². The molecule has 0 N–H and O–H groups in total. The summed E-state index contributed by atoms with van der Waals surface area (Å²) in [6, 6.07) is 8.97. The molecule has 7 nitrogen and oxygen atoms in total. The molecule has 0 atom stereocenters. The van der Waals surface area contributed by atoms with Crippen LogP contribution in [0.1, 0.15) is 0 Å². The molecule has 0 saturated carbocycles. The number of methoxy groups -OCH3 is 2. The highest BCUT2D eigenvalue weighted by Gasteiger charge is 2.13. The van der Waals surface area contributed by atoms with Gasteiger partial charge in [0.2, 0.25) is 17.7 Å². The molecule has 3 aromatic rings. The second-order valence-corrected chi connectivity index (χ2v) is 4.17. The summed E-state index contributed by atoms with van der Waals surface area (Å²) < 4.78 is 21.2. The predicted molar refractivity (Wildman–Crippen MR) is 77.1 cm³/mol. The first-order valence-corrected chi connectivity index (χ1v) is 6.44. The van der Waals surface area contributed by atoms with Crippen molar-refractivity contribution in [2.45, 2.75) is 0 Å². The molecule has 112 valence electrons. The summed E-state index contributed by atoms with van der Waals surface area (Å²) in [4.78, 5) is 12.4. The Labute approximate surface area is 126 Å². The van der Waals surface area contributed by atoms with E-state index < -0.39 is 0 Å². The molecule has 3 rings (SSSR count). The van der Waals surface area contributed by atoms with Crippen LogP contribution < -0.4 is 14.2 Å². The van der Waals surface area contributed by atoms with Crippen LogP contribution in [0.25, 0.3) is 11.5 Å². The van der Waals surface area contributed by atoms with E-state index in [1.54, 1.807) is 18.3 Å². The average molecular weight is 299 g/mol. The SMILES string of the molecule is COc1cc(OC)nc(Oc2ccccc2-c2ncco2)n1. The molecule has 0 unspecified atom stereocenters. The van der Waals surface area contributed by atoms with Gasteiger partial charge in [0.05, 0.1) is 32.0 Å². The van der Waals surface area contributed by atoms with Crippen LogP contribution in [0.15, 0.2) is 47.2 Å². The van der Waals surface area contributed by atoms with E-state index in [1.807, 2.05) is 18.2 Å². The lowest BCUT2D eigenvalue weighted by Crippen LogP contribution is -1.98. The van der Waals surface area contributed by atoms with Crippen LogP contribution in [-0.4, -0.2) is 29.2 Å². The minimum atomic E-state index is 0.107. The molecule has 0 fully saturated rings. The van der Waals surface area contributed by atoms with E-state index in [9.17, 15) is 0 Å². The van der Waals surface area contributed by atoms with Crippen LogP contribution in [0.4, 0.5) is 0 Å². The Morgan fingerprint density at radius 1 is 1.00 bits per heavy atom. The van der Waals surface area contributed by atoms with Gasteiger partial charge in [0.1, 0.15) is 12.0 Å². The predicted octanol–water partition coefficient (Wildman–Crippen LogP) is 2.94. The fourth-order valence-electron chi connectivity index (χ4n) is 1.83. The third-order valence-electron chi connectivity index (χ3n) is 2.83. The largest absolute Gasteiger partial charge is 0.481 e. The van der Waals surface area contributed by atoms with Gasteiger partial charge >= 0.3 is 6.01 Å². The number of ether oxygens (including phenoxy) is 3. The molecule has 0 radical (unpaired) electrons. The lowest BCUT2D eigenvalue weighted by molar-refractivity contribution is 0.348. The van der Waals surface area contributed by atoms with Gasteiger partial charge < -0.3 is 18.6 Å². The van der Waals surface area contributed by atoms with Gasteiger partial charge in [-0.2, -0.15) is 9.97 Å².